The van der Waals surface area contributed by atoms with Crippen molar-refractivity contribution in [2.24, 2.45) is 0 Å². The molecule has 0 fully saturated rings. The molecule has 0 saturated heterocycles. The van der Waals surface area contributed by atoms with Crippen molar-refractivity contribution in [2.75, 3.05) is 14.2 Å². The Morgan fingerprint density at radius 3 is 1.80 bits per heavy atom. The monoisotopic (exact) mass is 508 g/mol. The number of halogens is 1. The lowest BCUT2D eigenvalue weighted by molar-refractivity contribution is 0.242. The topological polar surface area (TPSA) is 62.7 Å². The fourth-order valence-electron chi connectivity index (χ4n) is 3.11. The number of methoxy groups -OCH3 is 2. The van der Waals surface area contributed by atoms with Gasteiger partial charge in [-0.3, -0.25) is 0 Å². The second kappa shape index (κ2) is 12.3. The van der Waals surface area contributed by atoms with E-state index in [1.165, 1.54) is 0 Å². The van der Waals surface area contributed by atoms with Gasteiger partial charge in [-0.2, -0.15) is 0 Å². The van der Waals surface area contributed by atoms with E-state index in [1.807, 2.05) is 78.9 Å². The molecule has 0 unspecified atom stereocenters. The molecule has 0 aliphatic heterocycles. The maximum Gasteiger partial charge on any atom is 0.276 e. The van der Waals surface area contributed by atoms with E-state index in [4.69, 9.17) is 30.5 Å². The Bertz CT molecular complexity index is 1220. The molecule has 0 spiro atoms. The van der Waals surface area contributed by atoms with Crippen LogP contribution < -0.4 is 18.9 Å². The third-order valence-corrected chi connectivity index (χ3v) is 6.32. The van der Waals surface area contributed by atoms with E-state index in [9.17, 15) is 0 Å². The molecule has 3 aromatic carbocycles. The van der Waals surface area contributed by atoms with Crippen LogP contribution in [0.3, 0.4) is 0 Å². The fraction of sp³-hybridized carbons (Fsp3) is 0.185. The number of benzene rings is 3. The summed E-state index contributed by atoms with van der Waals surface area (Å²) >= 11 is 7.55. The Kier molecular flexibility index (Phi) is 8.70. The average Bonchev–Trinajstić information content (AvgIpc) is 2.91. The Morgan fingerprint density at radius 2 is 1.23 bits per heavy atom. The van der Waals surface area contributed by atoms with Crippen LogP contribution in [0.2, 0.25) is 5.02 Å². The first-order valence-electron chi connectivity index (χ1n) is 10.9. The molecular weight excluding hydrogens is 484 g/mol. The molecule has 0 atom stereocenters. The molecule has 8 heteroatoms. The molecule has 0 aliphatic rings. The van der Waals surface area contributed by atoms with Gasteiger partial charge in [-0.1, -0.05) is 59.8 Å². The zero-order valence-electron chi connectivity index (χ0n) is 19.4. The Morgan fingerprint density at radius 1 is 0.686 bits per heavy atom. The van der Waals surface area contributed by atoms with Gasteiger partial charge in [-0.15, -0.1) is 10.2 Å². The summed E-state index contributed by atoms with van der Waals surface area (Å²) in [7, 11) is 3.28. The van der Waals surface area contributed by atoms with Gasteiger partial charge in [0, 0.05) is 16.8 Å². The standard InChI is InChI=1S/C27H25ClN2O4S/c1-31-23-11-5-19(6-12-23)16-33-25-15-26(35-18-21-3-9-22(28)10-4-21)29-30-27(25)34-17-20-7-13-24(32-2)14-8-20/h3-15H,16-18H2,1-2H3. The van der Waals surface area contributed by atoms with E-state index in [0.29, 0.717) is 29.9 Å². The Labute approximate surface area is 214 Å². The van der Waals surface area contributed by atoms with Crippen LogP contribution in [0.4, 0.5) is 0 Å². The quantitative estimate of drug-likeness (QED) is 0.211. The number of thioether (sulfide) groups is 1. The van der Waals surface area contributed by atoms with E-state index in [2.05, 4.69) is 10.2 Å². The highest BCUT2D eigenvalue weighted by Gasteiger charge is 2.12. The lowest BCUT2D eigenvalue weighted by Gasteiger charge is -2.13. The Hall–Kier alpha value is -3.42. The molecule has 0 radical (unpaired) electrons. The second-order valence-corrected chi connectivity index (χ2v) is 8.97. The summed E-state index contributed by atoms with van der Waals surface area (Å²) in [4.78, 5) is 0. The molecule has 35 heavy (non-hydrogen) atoms. The minimum Gasteiger partial charge on any atom is -0.497 e. The van der Waals surface area contributed by atoms with Crippen LogP contribution in [0, 0.1) is 0 Å². The van der Waals surface area contributed by atoms with Crippen molar-refractivity contribution < 1.29 is 18.9 Å². The molecule has 0 bridgehead atoms. The highest BCUT2D eigenvalue weighted by Crippen LogP contribution is 2.31. The van der Waals surface area contributed by atoms with Crippen molar-refractivity contribution in [1.29, 1.82) is 0 Å². The van der Waals surface area contributed by atoms with Gasteiger partial charge in [-0.05, 0) is 53.1 Å². The number of ether oxygens (including phenoxy) is 4. The second-order valence-electron chi connectivity index (χ2n) is 7.54. The largest absolute Gasteiger partial charge is 0.497 e. The van der Waals surface area contributed by atoms with Crippen LogP contribution in [-0.2, 0) is 19.0 Å². The van der Waals surface area contributed by atoms with Crippen molar-refractivity contribution in [3.63, 3.8) is 0 Å². The van der Waals surface area contributed by atoms with Crippen LogP contribution >= 0.6 is 23.4 Å². The maximum atomic E-state index is 6.11. The van der Waals surface area contributed by atoms with Gasteiger partial charge in [0.2, 0.25) is 0 Å². The van der Waals surface area contributed by atoms with Crippen LogP contribution in [0.5, 0.6) is 23.1 Å². The van der Waals surface area contributed by atoms with Gasteiger partial charge in [0.15, 0.2) is 5.75 Å². The van der Waals surface area contributed by atoms with E-state index < -0.39 is 0 Å². The first-order chi connectivity index (χ1) is 17.1. The van der Waals surface area contributed by atoms with E-state index in [0.717, 1.165) is 39.0 Å². The normalized spacial score (nSPS) is 10.6. The molecule has 6 nitrogen and oxygen atoms in total. The third-order valence-electron chi connectivity index (χ3n) is 5.09. The number of hydrogen-bond acceptors (Lipinski definition) is 7. The van der Waals surface area contributed by atoms with Crippen molar-refractivity contribution in [3.8, 4) is 23.1 Å². The maximum absolute atomic E-state index is 6.11. The minimum absolute atomic E-state index is 0.328. The molecule has 1 heterocycles. The summed E-state index contributed by atoms with van der Waals surface area (Å²) in [5, 5.41) is 10.1. The van der Waals surface area contributed by atoms with Crippen molar-refractivity contribution in [3.05, 3.63) is 101 Å². The summed E-state index contributed by atoms with van der Waals surface area (Å²) in [6.45, 7) is 0.685. The number of rotatable bonds is 11. The predicted octanol–water partition coefficient (Wildman–Crippen LogP) is 6.60. The summed E-state index contributed by atoms with van der Waals surface area (Å²) in [6.07, 6.45) is 0. The van der Waals surface area contributed by atoms with Gasteiger partial charge in [-0.25, -0.2) is 0 Å². The average molecular weight is 509 g/mol. The number of aromatic nitrogens is 2. The summed E-state index contributed by atoms with van der Waals surface area (Å²) < 4.78 is 22.5. The smallest absolute Gasteiger partial charge is 0.276 e. The highest BCUT2D eigenvalue weighted by molar-refractivity contribution is 7.98. The molecule has 0 saturated carbocycles. The van der Waals surface area contributed by atoms with Crippen molar-refractivity contribution in [1.82, 2.24) is 10.2 Å². The van der Waals surface area contributed by atoms with Crippen LogP contribution in [0.1, 0.15) is 16.7 Å². The first-order valence-corrected chi connectivity index (χ1v) is 12.3. The van der Waals surface area contributed by atoms with Crippen molar-refractivity contribution >= 4 is 23.4 Å². The molecule has 180 valence electrons. The molecular formula is C27H25ClN2O4S. The van der Waals surface area contributed by atoms with Crippen LogP contribution in [0.15, 0.2) is 83.9 Å². The molecule has 4 aromatic rings. The third kappa shape index (κ3) is 7.28. The lowest BCUT2D eigenvalue weighted by Crippen LogP contribution is -2.04. The summed E-state index contributed by atoms with van der Waals surface area (Å²) in [5.41, 5.74) is 3.12. The van der Waals surface area contributed by atoms with Crippen molar-refractivity contribution in [2.45, 2.75) is 24.0 Å². The number of nitrogens with zero attached hydrogens (tertiary/aromatic N) is 2. The van der Waals surface area contributed by atoms with Crippen LogP contribution in [0.25, 0.3) is 0 Å². The first kappa shape index (κ1) is 24.7. The van der Waals surface area contributed by atoms with E-state index in [1.54, 1.807) is 26.0 Å². The van der Waals surface area contributed by atoms with E-state index in [-0.39, 0.29) is 0 Å². The van der Waals surface area contributed by atoms with Gasteiger partial charge in [0.25, 0.3) is 5.88 Å². The molecule has 0 N–H and O–H groups in total. The van der Waals surface area contributed by atoms with E-state index >= 15 is 0 Å². The minimum atomic E-state index is 0.328. The molecule has 0 aliphatic carbocycles. The van der Waals surface area contributed by atoms with Gasteiger partial charge in [0.05, 0.1) is 14.2 Å². The number of hydrogen-bond donors (Lipinski definition) is 0. The Balaban J connectivity index is 1.47. The molecule has 0 amide bonds. The van der Waals surface area contributed by atoms with Gasteiger partial charge < -0.3 is 18.9 Å². The summed E-state index contributed by atoms with van der Waals surface area (Å²) in [5.74, 6) is 3.19. The van der Waals surface area contributed by atoms with Gasteiger partial charge >= 0.3 is 0 Å². The highest BCUT2D eigenvalue weighted by atomic mass is 35.5. The zero-order valence-corrected chi connectivity index (χ0v) is 21.0. The lowest BCUT2D eigenvalue weighted by atomic mass is 10.2. The molecule has 4 rings (SSSR count). The zero-order chi connectivity index (χ0) is 24.5. The molecule has 1 aromatic heterocycles. The van der Waals surface area contributed by atoms with Crippen LogP contribution in [-0.4, -0.2) is 24.4 Å². The summed E-state index contributed by atoms with van der Waals surface area (Å²) in [6, 6.07) is 25.0. The van der Waals surface area contributed by atoms with Gasteiger partial charge in [0.1, 0.15) is 29.7 Å². The SMILES string of the molecule is COc1ccc(COc2cc(SCc3ccc(Cl)cc3)nnc2OCc2ccc(OC)cc2)cc1. The fourth-order valence-corrected chi connectivity index (χ4v) is 4.04. The predicted molar refractivity (Wildman–Crippen MR) is 138 cm³/mol.